The Balaban J connectivity index is 2.48. The zero-order valence-corrected chi connectivity index (χ0v) is 10.3. The number of aliphatic hydroxyl groups is 1. The molecule has 18 heavy (non-hydrogen) atoms. The SMILES string of the molecule is CCOC(=O)[C@H](CO)NCC(=O)c1ccccc1. The van der Waals surface area contributed by atoms with Crippen LogP contribution >= 0.6 is 0 Å². The summed E-state index contributed by atoms with van der Waals surface area (Å²) in [6.07, 6.45) is 0. The Kier molecular flexibility index (Phi) is 6.04. The van der Waals surface area contributed by atoms with Crippen LogP contribution in [0.4, 0.5) is 0 Å². The van der Waals surface area contributed by atoms with Gasteiger partial charge in [0, 0.05) is 5.56 Å². The van der Waals surface area contributed by atoms with E-state index in [1.165, 1.54) is 0 Å². The first-order chi connectivity index (χ1) is 8.69. The van der Waals surface area contributed by atoms with Gasteiger partial charge < -0.3 is 9.84 Å². The second kappa shape index (κ2) is 7.58. The molecule has 0 heterocycles. The maximum Gasteiger partial charge on any atom is 0.325 e. The van der Waals surface area contributed by atoms with Gasteiger partial charge in [-0.25, -0.2) is 0 Å². The molecule has 0 unspecified atom stereocenters. The topological polar surface area (TPSA) is 75.6 Å². The van der Waals surface area contributed by atoms with E-state index in [9.17, 15) is 9.59 Å². The van der Waals surface area contributed by atoms with Crippen molar-refractivity contribution in [2.45, 2.75) is 13.0 Å². The standard InChI is InChI=1S/C13H17NO4/c1-2-18-13(17)11(9-15)14-8-12(16)10-6-4-3-5-7-10/h3-7,11,14-15H,2,8-9H2,1H3/t11-/m0/s1. The lowest BCUT2D eigenvalue weighted by atomic mass is 10.1. The van der Waals surface area contributed by atoms with Crippen molar-refractivity contribution in [1.29, 1.82) is 0 Å². The van der Waals surface area contributed by atoms with Crippen molar-refractivity contribution in [2.75, 3.05) is 19.8 Å². The summed E-state index contributed by atoms with van der Waals surface area (Å²) < 4.78 is 4.76. The van der Waals surface area contributed by atoms with E-state index in [2.05, 4.69) is 5.32 Å². The van der Waals surface area contributed by atoms with Crippen LogP contribution in [0.2, 0.25) is 0 Å². The highest BCUT2D eigenvalue weighted by Crippen LogP contribution is 1.99. The molecule has 2 N–H and O–H groups in total. The van der Waals surface area contributed by atoms with Crippen LogP contribution in [-0.2, 0) is 9.53 Å². The molecule has 0 aliphatic rings. The normalized spacial score (nSPS) is 11.9. The first kappa shape index (κ1) is 14.3. The van der Waals surface area contributed by atoms with Crippen LogP contribution in [-0.4, -0.2) is 42.7 Å². The Morgan fingerprint density at radius 2 is 2.00 bits per heavy atom. The molecule has 1 aromatic rings. The number of carbonyl (C=O) groups excluding carboxylic acids is 2. The first-order valence-electron chi connectivity index (χ1n) is 5.78. The number of hydrogen-bond donors (Lipinski definition) is 2. The average molecular weight is 251 g/mol. The lowest BCUT2D eigenvalue weighted by molar-refractivity contribution is -0.146. The highest BCUT2D eigenvalue weighted by Gasteiger charge is 2.19. The number of carbonyl (C=O) groups is 2. The van der Waals surface area contributed by atoms with E-state index in [0.29, 0.717) is 5.56 Å². The van der Waals surface area contributed by atoms with Gasteiger partial charge in [-0.1, -0.05) is 30.3 Å². The fourth-order valence-electron chi connectivity index (χ4n) is 1.41. The number of rotatable bonds is 7. The second-order valence-corrected chi connectivity index (χ2v) is 3.66. The summed E-state index contributed by atoms with van der Waals surface area (Å²) in [6.45, 7) is 1.50. The lowest BCUT2D eigenvalue weighted by Crippen LogP contribution is -2.43. The summed E-state index contributed by atoms with van der Waals surface area (Å²) in [5, 5.41) is 11.7. The molecule has 1 rings (SSSR count). The van der Waals surface area contributed by atoms with Crippen LogP contribution < -0.4 is 5.32 Å². The van der Waals surface area contributed by atoms with Crippen LogP contribution in [0.3, 0.4) is 0 Å². The molecule has 0 radical (unpaired) electrons. The summed E-state index contributed by atoms with van der Waals surface area (Å²) in [5.41, 5.74) is 0.561. The summed E-state index contributed by atoms with van der Waals surface area (Å²) in [4.78, 5) is 23.1. The molecule has 1 aromatic carbocycles. The van der Waals surface area contributed by atoms with Gasteiger partial charge in [0.1, 0.15) is 6.04 Å². The third-order valence-corrected chi connectivity index (χ3v) is 2.36. The minimum absolute atomic E-state index is 0.0198. The highest BCUT2D eigenvalue weighted by molar-refractivity contribution is 5.97. The molecule has 0 bridgehead atoms. The maximum atomic E-state index is 11.7. The average Bonchev–Trinajstić information content (AvgIpc) is 2.40. The Labute approximate surface area is 106 Å². The molecule has 5 heteroatoms. The molecule has 0 fully saturated rings. The van der Waals surface area contributed by atoms with E-state index < -0.39 is 18.6 Å². The molecule has 0 aromatic heterocycles. The fraction of sp³-hybridized carbons (Fsp3) is 0.385. The Morgan fingerprint density at radius 3 is 2.56 bits per heavy atom. The number of esters is 1. The van der Waals surface area contributed by atoms with Crippen LogP contribution in [0, 0.1) is 0 Å². The van der Waals surface area contributed by atoms with Gasteiger partial charge in [0.05, 0.1) is 19.8 Å². The molecule has 98 valence electrons. The van der Waals surface area contributed by atoms with Crippen molar-refractivity contribution in [3.63, 3.8) is 0 Å². The number of nitrogens with one attached hydrogen (secondary N) is 1. The first-order valence-corrected chi connectivity index (χ1v) is 5.78. The summed E-state index contributed by atoms with van der Waals surface area (Å²) >= 11 is 0. The number of ketones is 1. The Morgan fingerprint density at radius 1 is 1.33 bits per heavy atom. The highest BCUT2D eigenvalue weighted by atomic mass is 16.5. The molecule has 0 aliphatic carbocycles. The van der Waals surface area contributed by atoms with Crippen LogP contribution in [0.15, 0.2) is 30.3 Å². The predicted octanol–water partition coefficient (Wildman–Crippen LogP) is 0.383. The minimum Gasteiger partial charge on any atom is -0.465 e. The van der Waals surface area contributed by atoms with Gasteiger partial charge in [-0.2, -0.15) is 0 Å². The van der Waals surface area contributed by atoms with E-state index in [1.807, 2.05) is 6.07 Å². The number of hydrogen-bond acceptors (Lipinski definition) is 5. The quantitative estimate of drug-likeness (QED) is 0.541. The van der Waals surface area contributed by atoms with Crippen molar-refractivity contribution < 1.29 is 19.4 Å². The van der Waals surface area contributed by atoms with Crippen molar-refractivity contribution in [3.05, 3.63) is 35.9 Å². The third kappa shape index (κ3) is 4.27. The summed E-state index contributed by atoms with van der Waals surface area (Å²) in [7, 11) is 0. The minimum atomic E-state index is -0.863. The summed E-state index contributed by atoms with van der Waals surface area (Å²) in [5.74, 6) is -0.695. The van der Waals surface area contributed by atoms with Gasteiger partial charge in [0.2, 0.25) is 0 Å². The van der Waals surface area contributed by atoms with E-state index in [4.69, 9.17) is 9.84 Å². The van der Waals surface area contributed by atoms with Crippen molar-refractivity contribution in [2.24, 2.45) is 0 Å². The van der Waals surface area contributed by atoms with Gasteiger partial charge >= 0.3 is 5.97 Å². The number of ether oxygens (including phenoxy) is 1. The number of benzene rings is 1. The molecule has 0 aliphatic heterocycles. The Hall–Kier alpha value is -1.72. The van der Waals surface area contributed by atoms with Crippen molar-refractivity contribution >= 4 is 11.8 Å². The van der Waals surface area contributed by atoms with E-state index in [0.717, 1.165) is 0 Å². The van der Waals surface area contributed by atoms with Gasteiger partial charge in [-0.15, -0.1) is 0 Å². The molecule has 0 saturated heterocycles. The monoisotopic (exact) mass is 251 g/mol. The number of aliphatic hydroxyl groups excluding tert-OH is 1. The molecule has 0 amide bonds. The molecule has 5 nitrogen and oxygen atoms in total. The van der Waals surface area contributed by atoms with Gasteiger partial charge in [0.15, 0.2) is 5.78 Å². The van der Waals surface area contributed by atoms with Gasteiger partial charge in [-0.3, -0.25) is 14.9 Å². The largest absolute Gasteiger partial charge is 0.465 e. The smallest absolute Gasteiger partial charge is 0.325 e. The van der Waals surface area contributed by atoms with E-state index in [-0.39, 0.29) is 18.9 Å². The van der Waals surface area contributed by atoms with E-state index >= 15 is 0 Å². The van der Waals surface area contributed by atoms with Crippen molar-refractivity contribution in [1.82, 2.24) is 5.32 Å². The van der Waals surface area contributed by atoms with Gasteiger partial charge in [-0.05, 0) is 6.92 Å². The fourth-order valence-corrected chi connectivity index (χ4v) is 1.41. The van der Waals surface area contributed by atoms with Crippen LogP contribution in [0.5, 0.6) is 0 Å². The van der Waals surface area contributed by atoms with Crippen LogP contribution in [0.25, 0.3) is 0 Å². The van der Waals surface area contributed by atoms with Crippen molar-refractivity contribution in [3.8, 4) is 0 Å². The molecular formula is C13H17NO4. The van der Waals surface area contributed by atoms with Crippen LogP contribution in [0.1, 0.15) is 17.3 Å². The summed E-state index contributed by atoms with van der Waals surface area (Å²) in [6, 6.07) is 7.88. The molecule has 0 saturated carbocycles. The lowest BCUT2D eigenvalue weighted by Gasteiger charge is -2.14. The second-order valence-electron chi connectivity index (χ2n) is 3.66. The Bertz CT molecular complexity index is 391. The zero-order chi connectivity index (χ0) is 13.4. The number of Topliss-reactive ketones (excluding diaryl/α,β-unsaturated/α-hetero) is 1. The third-order valence-electron chi connectivity index (χ3n) is 2.36. The maximum absolute atomic E-state index is 11.7. The zero-order valence-electron chi connectivity index (χ0n) is 10.3. The molecular weight excluding hydrogens is 234 g/mol. The predicted molar refractivity (Wildman–Crippen MR) is 66.3 cm³/mol. The molecule has 0 spiro atoms. The van der Waals surface area contributed by atoms with Gasteiger partial charge in [0.25, 0.3) is 0 Å². The molecule has 1 atom stereocenters. The van der Waals surface area contributed by atoms with E-state index in [1.54, 1.807) is 31.2 Å².